The molecule has 0 aliphatic rings. The maximum Gasteiger partial charge on any atom is 0.328 e. The fourth-order valence-corrected chi connectivity index (χ4v) is 0.874. The first-order valence-electron chi connectivity index (χ1n) is 4.88. The van der Waals surface area contributed by atoms with Crippen LogP contribution in [0.3, 0.4) is 0 Å². The highest BCUT2D eigenvalue weighted by molar-refractivity contribution is 5.85. The average molecular weight is 216 g/mol. The molecule has 0 bridgehead atoms. The zero-order valence-corrected chi connectivity index (χ0v) is 10.0. The molecule has 0 aromatic carbocycles. The molecule has 15 heavy (non-hydrogen) atoms. The van der Waals surface area contributed by atoms with Gasteiger partial charge < -0.3 is 15.4 Å². The van der Waals surface area contributed by atoms with Gasteiger partial charge in [-0.25, -0.2) is 4.79 Å². The third-order valence-electron chi connectivity index (χ3n) is 1.71. The van der Waals surface area contributed by atoms with Gasteiger partial charge in [-0.3, -0.25) is 4.79 Å². The minimum atomic E-state index is -0.607. The van der Waals surface area contributed by atoms with Crippen molar-refractivity contribution in [3.8, 4) is 0 Å². The average Bonchev–Trinajstić information content (AvgIpc) is 2.12. The second-order valence-corrected chi connectivity index (χ2v) is 4.42. The molecule has 1 amide bonds. The SMILES string of the molecule is COC(=O)C(C)NC(=O)CNC(C)(C)C. The molecule has 0 saturated heterocycles. The normalized spacial score (nSPS) is 13.1. The van der Waals surface area contributed by atoms with E-state index in [0.717, 1.165) is 0 Å². The van der Waals surface area contributed by atoms with Gasteiger partial charge in [0.1, 0.15) is 6.04 Å². The van der Waals surface area contributed by atoms with Gasteiger partial charge in [-0.05, 0) is 27.7 Å². The smallest absolute Gasteiger partial charge is 0.328 e. The van der Waals surface area contributed by atoms with Crippen LogP contribution in [0, 0.1) is 0 Å². The number of methoxy groups -OCH3 is 1. The number of rotatable bonds is 4. The molecule has 0 aliphatic heterocycles. The topological polar surface area (TPSA) is 67.4 Å². The zero-order valence-electron chi connectivity index (χ0n) is 10.0. The molecule has 0 aliphatic carbocycles. The molecule has 5 nitrogen and oxygen atoms in total. The third-order valence-corrected chi connectivity index (χ3v) is 1.71. The maximum absolute atomic E-state index is 11.3. The molecule has 88 valence electrons. The predicted octanol–water partition coefficient (Wildman–Crippen LogP) is 0.0522. The Bertz CT molecular complexity index is 233. The summed E-state index contributed by atoms with van der Waals surface area (Å²) >= 11 is 0. The zero-order chi connectivity index (χ0) is 12.1. The summed E-state index contributed by atoms with van der Waals surface area (Å²) in [4.78, 5) is 22.3. The van der Waals surface area contributed by atoms with Crippen molar-refractivity contribution in [3.63, 3.8) is 0 Å². The van der Waals surface area contributed by atoms with Crippen LogP contribution in [0.4, 0.5) is 0 Å². The van der Waals surface area contributed by atoms with E-state index in [4.69, 9.17) is 0 Å². The van der Waals surface area contributed by atoms with Crippen LogP contribution < -0.4 is 10.6 Å². The van der Waals surface area contributed by atoms with Crippen molar-refractivity contribution in [2.75, 3.05) is 13.7 Å². The number of esters is 1. The molecule has 2 N–H and O–H groups in total. The molecule has 0 heterocycles. The van der Waals surface area contributed by atoms with E-state index in [0.29, 0.717) is 0 Å². The fraction of sp³-hybridized carbons (Fsp3) is 0.800. The highest BCUT2D eigenvalue weighted by Gasteiger charge is 2.17. The van der Waals surface area contributed by atoms with Crippen LogP contribution in [0.1, 0.15) is 27.7 Å². The molecular formula is C10H20N2O3. The lowest BCUT2D eigenvalue weighted by Crippen LogP contribution is -2.47. The van der Waals surface area contributed by atoms with Crippen molar-refractivity contribution in [2.45, 2.75) is 39.3 Å². The summed E-state index contributed by atoms with van der Waals surface area (Å²) in [7, 11) is 1.29. The number of hydrogen-bond acceptors (Lipinski definition) is 4. The lowest BCUT2D eigenvalue weighted by molar-refractivity contribution is -0.144. The van der Waals surface area contributed by atoms with Gasteiger partial charge in [0.25, 0.3) is 0 Å². The summed E-state index contributed by atoms with van der Waals surface area (Å²) < 4.78 is 4.48. The summed E-state index contributed by atoms with van der Waals surface area (Å²) in [5, 5.41) is 5.55. The van der Waals surface area contributed by atoms with E-state index in [1.54, 1.807) is 6.92 Å². The van der Waals surface area contributed by atoms with Crippen molar-refractivity contribution in [2.24, 2.45) is 0 Å². The summed E-state index contributed by atoms with van der Waals surface area (Å²) in [5.41, 5.74) is -0.119. The molecule has 5 heteroatoms. The van der Waals surface area contributed by atoms with Gasteiger partial charge in [-0.1, -0.05) is 0 Å². The van der Waals surface area contributed by atoms with Gasteiger partial charge in [0.2, 0.25) is 5.91 Å². The number of carbonyl (C=O) groups excluding carboxylic acids is 2. The first-order valence-corrected chi connectivity index (χ1v) is 4.88. The Balaban J connectivity index is 3.89. The number of carbonyl (C=O) groups is 2. The van der Waals surface area contributed by atoms with Gasteiger partial charge in [0, 0.05) is 5.54 Å². The number of nitrogens with one attached hydrogen (secondary N) is 2. The summed E-state index contributed by atoms with van der Waals surface area (Å²) in [6.07, 6.45) is 0. The quantitative estimate of drug-likeness (QED) is 0.652. The second kappa shape index (κ2) is 5.70. The molecule has 0 saturated carbocycles. The highest BCUT2D eigenvalue weighted by atomic mass is 16.5. The molecule has 0 fully saturated rings. The predicted molar refractivity (Wildman–Crippen MR) is 57.4 cm³/mol. The standard InChI is InChI=1S/C10H20N2O3/c1-7(9(14)15-5)12-8(13)6-11-10(2,3)4/h7,11H,6H2,1-5H3,(H,12,13). The van der Waals surface area contributed by atoms with Crippen LogP contribution in [-0.2, 0) is 14.3 Å². The molecule has 0 radical (unpaired) electrons. The Labute approximate surface area is 90.6 Å². The van der Waals surface area contributed by atoms with Crippen LogP contribution in [0.2, 0.25) is 0 Å². The van der Waals surface area contributed by atoms with Gasteiger partial charge in [-0.2, -0.15) is 0 Å². The van der Waals surface area contributed by atoms with Gasteiger partial charge in [0.15, 0.2) is 0 Å². The Kier molecular flexibility index (Phi) is 5.28. The van der Waals surface area contributed by atoms with Crippen LogP contribution in [0.5, 0.6) is 0 Å². The van der Waals surface area contributed by atoms with E-state index in [9.17, 15) is 9.59 Å². The van der Waals surface area contributed by atoms with E-state index in [1.165, 1.54) is 7.11 Å². The van der Waals surface area contributed by atoms with Crippen molar-refractivity contribution < 1.29 is 14.3 Å². The Hall–Kier alpha value is -1.10. The van der Waals surface area contributed by atoms with E-state index < -0.39 is 12.0 Å². The molecule has 0 spiro atoms. The third kappa shape index (κ3) is 6.90. The summed E-state index contributed by atoms with van der Waals surface area (Å²) in [6.45, 7) is 7.66. The Morgan fingerprint density at radius 1 is 1.33 bits per heavy atom. The second-order valence-electron chi connectivity index (χ2n) is 4.42. The van der Waals surface area contributed by atoms with Gasteiger partial charge in [-0.15, -0.1) is 0 Å². The van der Waals surface area contributed by atoms with Crippen molar-refractivity contribution in [3.05, 3.63) is 0 Å². The largest absolute Gasteiger partial charge is 0.467 e. The monoisotopic (exact) mass is 216 g/mol. The lowest BCUT2D eigenvalue weighted by atomic mass is 10.1. The lowest BCUT2D eigenvalue weighted by Gasteiger charge is -2.20. The molecule has 0 rings (SSSR count). The number of ether oxygens (including phenoxy) is 1. The first-order chi connectivity index (χ1) is 6.76. The van der Waals surface area contributed by atoms with E-state index in [2.05, 4.69) is 15.4 Å². The molecule has 1 atom stereocenters. The summed E-state index contributed by atoms with van der Waals surface area (Å²) in [5.74, 6) is -0.665. The van der Waals surface area contributed by atoms with Gasteiger partial charge >= 0.3 is 5.97 Å². The number of hydrogen-bond donors (Lipinski definition) is 2. The van der Waals surface area contributed by atoms with Crippen LogP contribution in [-0.4, -0.2) is 37.1 Å². The molecule has 1 unspecified atom stereocenters. The van der Waals surface area contributed by atoms with E-state index >= 15 is 0 Å². The van der Waals surface area contributed by atoms with Crippen LogP contribution in [0.15, 0.2) is 0 Å². The molecular weight excluding hydrogens is 196 g/mol. The van der Waals surface area contributed by atoms with E-state index in [-0.39, 0.29) is 18.0 Å². The Morgan fingerprint density at radius 2 is 1.87 bits per heavy atom. The first kappa shape index (κ1) is 13.9. The van der Waals surface area contributed by atoms with Gasteiger partial charge in [0.05, 0.1) is 13.7 Å². The van der Waals surface area contributed by atoms with E-state index in [1.807, 2.05) is 20.8 Å². The maximum atomic E-state index is 11.3. The van der Waals surface area contributed by atoms with Crippen molar-refractivity contribution >= 4 is 11.9 Å². The highest BCUT2D eigenvalue weighted by Crippen LogP contribution is 1.96. The van der Waals surface area contributed by atoms with Crippen molar-refractivity contribution in [1.82, 2.24) is 10.6 Å². The molecule has 0 aromatic rings. The minimum absolute atomic E-state index is 0.119. The minimum Gasteiger partial charge on any atom is -0.467 e. The fourth-order valence-electron chi connectivity index (χ4n) is 0.874. The molecule has 0 aromatic heterocycles. The van der Waals surface area contributed by atoms with Crippen molar-refractivity contribution in [1.29, 1.82) is 0 Å². The van der Waals surface area contributed by atoms with Crippen LogP contribution >= 0.6 is 0 Å². The Morgan fingerprint density at radius 3 is 2.27 bits per heavy atom. The summed E-state index contributed by atoms with van der Waals surface area (Å²) in [6, 6.07) is -0.607. The van der Waals surface area contributed by atoms with Crippen LogP contribution in [0.25, 0.3) is 0 Å². The number of amides is 1.